The van der Waals surface area contributed by atoms with Crippen LogP contribution >= 0.6 is 24.0 Å². The van der Waals surface area contributed by atoms with E-state index >= 15 is 0 Å². The van der Waals surface area contributed by atoms with Gasteiger partial charge in [-0.15, -0.1) is 0 Å². The minimum absolute atomic E-state index is 0.115. The molecule has 2 amide bonds. The molecule has 2 aliphatic heterocycles. The van der Waals surface area contributed by atoms with E-state index in [0.717, 1.165) is 50.1 Å². The molecule has 1 aliphatic carbocycles. The third-order valence-electron chi connectivity index (χ3n) is 6.18. The number of thioether (sulfide) groups is 1. The highest BCUT2D eigenvalue weighted by Gasteiger charge is 2.33. The van der Waals surface area contributed by atoms with Gasteiger partial charge in [0.15, 0.2) is 0 Å². The number of nitrogens with zero attached hydrogens (tertiary/aromatic N) is 2. The largest absolute Gasteiger partial charge is 0.490 e. The molecular weight excluding hydrogens is 428 g/mol. The first-order valence-electron chi connectivity index (χ1n) is 11.4. The van der Waals surface area contributed by atoms with Crippen molar-refractivity contribution in [2.45, 2.75) is 63.9 Å². The summed E-state index contributed by atoms with van der Waals surface area (Å²) < 4.78 is 6.79. The molecule has 0 spiro atoms. The number of benzene rings is 1. The standard InChI is InChI=1S/C24H30N2O3S2/c27-22(25-14-7-2-8-15-25)13-16-26-23(28)21(31-24(26)30)17-18-9-5-6-12-20(18)29-19-10-3-1-4-11-19/h5-6,9,12,17,19H,1-4,7-8,10-11,13-16H2/b21-17-. The van der Waals surface area contributed by atoms with Gasteiger partial charge in [-0.25, -0.2) is 0 Å². The zero-order valence-electron chi connectivity index (χ0n) is 17.9. The second-order valence-electron chi connectivity index (χ2n) is 8.44. The van der Waals surface area contributed by atoms with E-state index in [2.05, 4.69) is 0 Å². The van der Waals surface area contributed by atoms with E-state index in [9.17, 15) is 9.59 Å². The normalized spacial score (nSPS) is 21.7. The first-order chi connectivity index (χ1) is 15.1. The van der Waals surface area contributed by atoms with Crippen LogP contribution in [0.25, 0.3) is 6.08 Å². The maximum Gasteiger partial charge on any atom is 0.266 e. The van der Waals surface area contributed by atoms with Gasteiger partial charge in [0.05, 0.1) is 11.0 Å². The van der Waals surface area contributed by atoms with Crippen molar-refractivity contribution in [3.63, 3.8) is 0 Å². The number of rotatable bonds is 6. The third kappa shape index (κ3) is 5.69. The average molecular weight is 459 g/mol. The summed E-state index contributed by atoms with van der Waals surface area (Å²) in [6.07, 6.45) is 11.6. The quantitative estimate of drug-likeness (QED) is 0.443. The molecule has 3 fully saturated rings. The van der Waals surface area contributed by atoms with Crippen LogP contribution in [-0.2, 0) is 9.59 Å². The van der Waals surface area contributed by atoms with Gasteiger partial charge in [0.1, 0.15) is 10.1 Å². The van der Waals surface area contributed by atoms with E-state index in [-0.39, 0.29) is 17.9 Å². The second kappa shape index (κ2) is 10.6. The third-order valence-corrected chi connectivity index (χ3v) is 7.56. The molecule has 7 heteroatoms. The van der Waals surface area contributed by atoms with Crippen LogP contribution in [0.15, 0.2) is 29.2 Å². The highest BCUT2D eigenvalue weighted by Crippen LogP contribution is 2.35. The Labute approximate surface area is 194 Å². The lowest BCUT2D eigenvalue weighted by atomic mass is 9.97. The number of para-hydroxylation sites is 1. The van der Waals surface area contributed by atoms with Crippen LogP contribution in [-0.4, -0.2) is 51.7 Å². The van der Waals surface area contributed by atoms with Gasteiger partial charge in [-0.3, -0.25) is 14.5 Å². The molecule has 1 aromatic rings. The summed E-state index contributed by atoms with van der Waals surface area (Å²) in [4.78, 5) is 29.5. The zero-order chi connectivity index (χ0) is 21.6. The van der Waals surface area contributed by atoms with Crippen molar-refractivity contribution in [2.75, 3.05) is 19.6 Å². The lowest BCUT2D eigenvalue weighted by Gasteiger charge is -2.27. The van der Waals surface area contributed by atoms with E-state index in [1.54, 1.807) is 4.90 Å². The Bertz CT molecular complexity index is 858. The van der Waals surface area contributed by atoms with Crippen LogP contribution in [0.1, 0.15) is 63.4 Å². The molecular formula is C24H30N2O3S2. The van der Waals surface area contributed by atoms with Gasteiger partial charge in [0, 0.05) is 31.6 Å². The SMILES string of the molecule is O=C(CCN1C(=O)/C(=C/c2ccccc2OC2CCCCC2)SC1=S)N1CCCCC1. The van der Waals surface area contributed by atoms with Gasteiger partial charge >= 0.3 is 0 Å². The summed E-state index contributed by atoms with van der Waals surface area (Å²) in [5.41, 5.74) is 0.901. The molecule has 1 saturated carbocycles. The van der Waals surface area contributed by atoms with Crippen LogP contribution in [0, 0.1) is 0 Å². The maximum atomic E-state index is 13.0. The molecule has 0 atom stereocenters. The van der Waals surface area contributed by atoms with Crippen molar-refractivity contribution >= 4 is 46.2 Å². The second-order valence-corrected chi connectivity index (χ2v) is 10.1. The van der Waals surface area contributed by atoms with Crippen LogP contribution < -0.4 is 4.74 Å². The molecule has 2 heterocycles. The highest BCUT2D eigenvalue weighted by atomic mass is 32.2. The fourth-order valence-corrected chi connectivity index (χ4v) is 5.71. The van der Waals surface area contributed by atoms with Crippen LogP contribution in [0.4, 0.5) is 0 Å². The Hall–Kier alpha value is -1.86. The predicted octanol–water partition coefficient (Wildman–Crippen LogP) is 5.00. The first-order valence-corrected chi connectivity index (χ1v) is 12.6. The molecule has 0 N–H and O–H groups in total. The number of hydrogen-bond donors (Lipinski definition) is 0. The molecule has 0 radical (unpaired) electrons. The van der Waals surface area contributed by atoms with Gasteiger partial charge in [0.2, 0.25) is 5.91 Å². The summed E-state index contributed by atoms with van der Waals surface area (Å²) in [6.45, 7) is 2.00. The van der Waals surface area contributed by atoms with Gasteiger partial charge < -0.3 is 9.64 Å². The van der Waals surface area contributed by atoms with E-state index in [1.165, 1.54) is 37.4 Å². The Morgan fingerprint density at radius 1 is 1.10 bits per heavy atom. The summed E-state index contributed by atoms with van der Waals surface area (Å²) >= 11 is 6.76. The number of carbonyl (C=O) groups excluding carboxylic acids is 2. The van der Waals surface area contributed by atoms with E-state index in [1.807, 2.05) is 35.2 Å². The minimum atomic E-state index is -0.117. The summed E-state index contributed by atoms with van der Waals surface area (Å²) in [5.74, 6) is 0.817. The van der Waals surface area contributed by atoms with Crippen molar-refractivity contribution in [2.24, 2.45) is 0 Å². The molecule has 0 aromatic heterocycles. The fourth-order valence-electron chi connectivity index (χ4n) is 4.41. The van der Waals surface area contributed by atoms with Crippen LogP contribution in [0.3, 0.4) is 0 Å². The molecule has 166 valence electrons. The van der Waals surface area contributed by atoms with E-state index in [0.29, 0.717) is 22.2 Å². The predicted molar refractivity (Wildman–Crippen MR) is 129 cm³/mol. The lowest BCUT2D eigenvalue weighted by molar-refractivity contribution is -0.132. The smallest absolute Gasteiger partial charge is 0.266 e. The van der Waals surface area contributed by atoms with E-state index < -0.39 is 0 Å². The Kier molecular flexibility index (Phi) is 7.67. The monoisotopic (exact) mass is 458 g/mol. The molecule has 3 aliphatic rings. The fraction of sp³-hybridized carbons (Fsp3) is 0.542. The number of likely N-dealkylation sites (tertiary alicyclic amines) is 1. The zero-order valence-corrected chi connectivity index (χ0v) is 19.5. The van der Waals surface area contributed by atoms with Gasteiger partial charge in [0.25, 0.3) is 5.91 Å². The first kappa shape index (κ1) is 22.3. The summed E-state index contributed by atoms with van der Waals surface area (Å²) in [6, 6.07) is 7.87. The average Bonchev–Trinajstić information content (AvgIpc) is 3.07. The summed E-state index contributed by atoms with van der Waals surface area (Å²) in [7, 11) is 0. The number of thiocarbonyl (C=S) groups is 1. The summed E-state index contributed by atoms with van der Waals surface area (Å²) in [5, 5.41) is 0. The topological polar surface area (TPSA) is 49.9 Å². The van der Waals surface area contributed by atoms with E-state index in [4.69, 9.17) is 17.0 Å². The number of ether oxygens (including phenoxy) is 1. The molecule has 5 nitrogen and oxygen atoms in total. The Morgan fingerprint density at radius 2 is 1.81 bits per heavy atom. The number of piperidine rings is 1. The molecule has 31 heavy (non-hydrogen) atoms. The lowest BCUT2D eigenvalue weighted by Crippen LogP contribution is -2.38. The number of hydrogen-bond acceptors (Lipinski definition) is 5. The van der Waals surface area contributed by atoms with Gasteiger partial charge in [-0.2, -0.15) is 0 Å². The number of carbonyl (C=O) groups is 2. The highest BCUT2D eigenvalue weighted by molar-refractivity contribution is 8.26. The Balaban J connectivity index is 1.40. The van der Waals surface area contributed by atoms with Crippen LogP contribution in [0.2, 0.25) is 0 Å². The maximum absolute atomic E-state index is 13.0. The van der Waals surface area contributed by atoms with Crippen LogP contribution in [0.5, 0.6) is 5.75 Å². The molecule has 2 saturated heterocycles. The van der Waals surface area contributed by atoms with Crippen molar-refractivity contribution < 1.29 is 14.3 Å². The van der Waals surface area contributed by atoms with Gasteiger partial charge in [-0.1, -0.05) is 48.6 Å². The van der Waals surface area contributed by atoms with Crippen molar-refractivity contribution in [1.82, 2.24) is 9.80 Å². The number of amides is 2. The molecule has 0 bridgehead atoms. The van der Waals surface area contributed by atoms with Crippen molar-refractivity contribution in [3.05, 3.63) is 34.7 Å². The van der Waals surface area contributed by atoms with Crippen molar-refractivity contribution in [1.29, 1.82) is 0 Å². The van der Waals surface area contributed by atoms with Crippen molar-refractivity contribution in [3.8, 4) is 5.75 Å². The molecule has 1 aromatic carbocycles. The molecule has 4 rings (SSSR count). The minimum Gasteiger partial charge on any atom is -0.490 e. The van der Waals surface area contributed by atoms with Gasteiger partial charge in [-0.05, 0) is 57.1 Å². The molecule has 0 unspecified atom stereocenters. The Morgan fingerprint density at radius 3 is 2.58 bits per heavy atom.